The quantitative estimate of drug-likeness (QED) is 0.379. The van der Waals surface area contributed by atoms with E-state index in [9.17, 15) is 14.0 Å². The number of hydrogen-bond acceptors (Lipinski definition) is 6. The molecule has 10 heteroatoms. The SMILES string of the molecule is COC(=O)c1cc([N+]2=CCN(C(=O)OC(C)(C)C)CC2)c2c(C3CCC3)nn(-c3ccc(F)cc3)c2n1. The number of aromatic nitrogens is 3. The van der Waals surface area contributed by atoms with Crippen molar-refractivity contribution in [2.24, 2.45) is 0 Å². The standard InChI is InChI=1S/C27H31FN5O4/c1-27(2,3)37-26(35)32-14-12-31(13-15-32)21-16-20(25(34)36-4)29-24-22(21)23(17-6-5-7-17)30-33(24)19-10-8-18(28)9-11-19/h8-12,16-17H,5-7,13-15H2,1-4H3/q+1. The minimum atomic E-state index is -0.576. The van der Waals surface area contributed by atoms with E-state index in [1.807, 2.05) is 31.6 Å². The van der Waals surface area contributed by atoms with Gasteiger partial charge in [-0.05, 0) is 57.9 Å². The molecule has 5 rings (SSSR count). The van der Waals surface area contributed by atoms with Crippen LogP contribution in [0.5, 0.6) is 0 Å². The van der Waals surface area contributed by atoms with E-state index in [1.165, 1.54) is 19.2 Å². The van der Waals surface area contributed by atoms with Gasteiger partial charge in [-0.3, -0.25) is 4.90 Å². The molecule has 1 fully saturated rings. The topological polar surface area (TPSA) is 89.6 Å². The first-order chi connectivity index (χ1) is 17.6. The number of benzene rings is 1. The van der Waals surface area contributed by atoms with Gasteiger partial charge >= 0.3 is 12.1 Å². The lowest BCUT2D eigenvalue weighted by Gasteiger charge is -2.27. The zero-order valence-electron chi connectivity index (χ0n) is 21.5. The van der Waals surface area contributed by atoms with E-state index in [1.54, 1.807) is 27.8 Å². The molecule has 0 atom stereocenters. The first kappa shape index (κ1) is 24.9. The van der Waals surface area contributed by atoms with E-state index in [2.05, 4.69) is 4.98 Å². The van der Waals surface area contributed by atoms with Gasteiger partial charge in [0.1, 0.15) is 23.3 Å². The van der Waals surface area contributed by atoms with Crippen molar-refractivity contribution in [3.05, 3.63) is 47.5 Å². The van der Waals surface area contributed by atoms with E-state index in [0.29, 0.717) is 31.0 Å². The maximum Gasteiger partial charge on any atom is 0.411 e. The number of fused-ring (bicyclic) bond motifs is 1. The lowest BCUT2D eigenvalue weighted by atomic mass is 9.82. The van der Waals surface area contributed by atoms with Gasteiger partial charge < -0.3 is 9.47 Å². The molecule has 1 amide bonds. The first-order valence-electron chi connectivity index (χ1n) is 12.5. The van der Waals surface area contributed by atoms with Crippen LogP contribution in [0.15, 0.2) is 30.3 Å². The van der Waals surface area contributed by atoms with Crippen molar-refractivity contribution in [3.63, 3.8) is 0 Å². The largest absolute Gasteiger partial charge is 0.464 e. The predicted molar refractivity (Wildman–Crippen MR) is 135 cm³/mol. The van der Waals surface area contributed by atoms with Gasteiger partial charge in [-0.1, -0.05) is 6.42 Å². The van der Waals surface area contributed by atoms with Crippen LogP contribution in [0.1, 0.15) is 62.1 Å². The number of amides is 1. The maximum atomic E-state index is 13.7. The molecule has 1 aliphatic heterocycles. The van der Waals surface area contributed by atoms with Gasteiger partial charge in [0.2, 0.25) is 5.69 Å². The molecular formula is C27H31FN5O4+. The summed E-state index contributed by atoms with van der Waals surface area (Å²) in [6.45, 7) is 6.84. The molecule has 37 heavy (non-hydrogen) atoms. The Kier molecular flexibility index (Phi) is 6.43. The molecule has 0 unspecified atom stereocenters. The lowest BCUT2D eigenvalue weighted by molar-refractivity contribution is -0.440. The minimum Gasteiger partial charge on any atom is -0.464 e. The summed E-state index contributed by atoms with van der Waals surface area (Å²) in [7, 11) is 1.32. The van der Waals surface area contributed by atoms with Gasteiger partial charge in [0.25, 0.3) is 0 Å². The fraction of sp³-hybridized carbons (Fsp3) is 0.444. The molecule has 3 aromatic rings. The third-order valence-electron chi connectivity index (χ3n) is 6.70. The molecule has 2 aliphatic rings. The van der Waals surface area contributed by atoms with E-state index in [0.717, 1.165) is 36.0 Å². The number of halogens is 1. The second kappa shape index (κ2) is 9.57. The van der Waals surface area contributed by atoms with Crippen LogP contribution in [0.4, 0.5) is 14.9 Å². The average Bonchev–Trinajstić information content (AvgIpc) is 3.20. The first-order valence-corrected chi connectivity index (χ1v) is 12.5. The van der Waals surface area contributed by atoms with Crippen LogP contribution in [0, 0.1) is 5.82 Å². The van der Waals surface area contributed by atoms with Gasteiger partial charge in [0, 0.05) is 12.0 Å². The Labute approximate surface area is 214 Å². The average molecular weight is 509 g/mol. The number of esters is 1. The van der Waals surface area contributed by atoms with Crippen LogP contribution in [0.3, 0.4) is 0 Å². The van der Waals surface area contributed by atoms with Gasteiger partial charge in [-0.25, -0.2) is 23.6 Å². The summed E-state index contributed by atoms with van der Waals surface area (Å²) in [6, 6.07) is 7.77. The molecule has 2 aromatic heterocycles. The molecule has 1 aliphatic carbocycles. The van der Waals surface area contributed by atoms with Crippen molar-refractivity contribution in [2.75, 3.05) is 26.7 Å². The molecule has 194 valence electrons. The molecule has 0 spiro atoms. The third-order valence-corrected chi connectivity index (χ3v) is 6.70. The highest BCUT2D eigenvalue weighted by Gasteiger charge is 2.34. The van der Waals surface area contributed by atoms with Gasteiger partial charge in [0.15, 0.2) is 24.1 Å². The van der Waals surface area contributed by atoms with Crippen molar-refractivity contribution >= 4 is 35.0 Å². The number of rotatable bonds is 4. The van der Waals surface area contributed by atoms with Gasteiger partial charge in [-0.2, -0.15) is 9.67 Å². The van der Waals surface area contributed by atoms with E-state index in [-0.39, 0.29) is 23.5 Å². The van der Waals surface area contributed by atoms with Crippen LogP contribution in [0.2, 0.25) is 0 Å². The number of ether oxygens (including phenoxy) is 2. The molecule has 0 bridgehead atoms. The highest BCUT2D eigenvalue weighted by Crippen LogP contribution is 2.42. The summed E-state index contributed by atoms with van der Waals surface area (Å²) >= 11 is 0. The summed E-state index contributed by atoms with van der Waals surface area (Å²) in [5, 5.41) is 5.78. The number of carbonyl (C=O) groups excluding carboxylic acids is 2. The predicted octanol–water partition coefficient (Wildman–Crippen LogP) is 4.58. The monoisotopic (exact) mass is 508 g/mol. The van der Waals surface area contributed by atoms with Crippen molar-refractivity contribution in [3.8, 4) is 5.69 Å². The minimum absolute atomic E-state index is 0.149. The van der Waals surface area contributed by atoms with Gasteiger partial charge in [0.05, 0.1) is 25.0 Å². The van der Waals surface area contributed by atoms with E-state index >= 15 is 0 Å². The lowest BCUT2D eigenvalue weighted by Crippen LogP contribution is -2.44. The summed E-state index contributed by atoms with van der Waals surface area (Å²) in [5.74, 6) is -0.634. The number of nitrogens with zero attached hydrogens (tertiary/aromatic N) is 5. The molecule has 0 N–H and O–H groups in total. The van der Waals surface area contributed by atoms with Crippen LogP contribution in [-0.2, 0) is 9.47 Å². The molecule has 9 nitrogen and oxygen atoms in total. The normalized spacial score (nSPS) is 16.4. The smallest absolute Gasteiger partial charge is 0.411 e. The zero-order valence-corrected chi connectivity index (χ0v) is 21.5. The van der Waals surface area contributed by atoms with E-state index in [4.69, 9.17) is 14.6 Å². The van der Waals surface area contributed by atoms with E-state index < -0.39 is 11.6 Å². The summed E-state index contributed by atoms with van der Waals surface area (Å²) in [6.07, 6.45) is 4.72. The number of pyridine rings is 1. The summed E-state index contributed by atoms with van der Waals surface area (Å²) in [5.41, 5.74) is 2.42. The Balaban J connectivity index is 1.63. The second-order valence-electron chi connectivity index (χ2n) is 10.4. The highest BCUT2D eigenvalue weighted by atomic mass is 19.1. The molecular weight excluding hydrogens is 477 g/mol. The summed E-state index contributed by atoms with van der Waals surface area (Å²) < 4.78 is 27.9. The second-order valence-corrected chi connectivity index (χ2v) is 10.4. The maximum absolute atomic E-state index is 13.7. The van der Waals surface area contributed by atoms with Crippen molar-refractivity contribution in [1.82, 2.24) is 19.7 Å². The molecule has 3 heterocycles. The fourth-order valence-electron chi connectivity index (χ4n) is 4.61. The Morgan fingerprint density at radius 2 is 1.89 bits per heavy atom. The Morgan fingerprint density at radius 1 is 1.16 bits per heavy atom. The summed E-state index contributed by atoms with van der Waals surface area (Å²) in [4.78, 5) is 31.5. The molecule has 0 radical (unpaired) electrons. The molecule has 0 saturated heterocycles. The molecule has 1 saturated carbocycles. The van der Waals surface area contributed by atoms with Crippen LogP contribution < -0.4 is 0 Å². The highest BCUT2D eigenvalue weighted by molar-refractivity contribution is 5.97. The number of methoxy groups -OCH3 is 1. The zero-order chi connectivity index (χ0) is 26.3. The molecule has 1 aromatic carbocycles. The van der Waals surface area contributed by atoms with Crippen LogP contribution in [0.25, 0.3) is 16.7 Å². The Morgan fingerprint density at radius 3 is 2.46 bits per heavy atom. The Bertz CT molecular complexity index is 1390. The van der Waals surface area contributed by atoms with Crippen molar-refractivity contribution in [2.45, 2.75) is 51.6 Å². The number of hydrogen-bond donors (Lipinski definition) is 0. The van der Waals surface area contributed by atoms with Crippen molar-refractivity contribution in [1.29, 1.82) is 0 Å². The van der Waals surface area contributed by atoms with Gasteiger partial charge in [-0.15, -0.1) is 0 Å². The van der Waals surface area contributed by atoms with Crippen LogP contribution in [-0.4, -0.2) is 74.9 Å². The Hall–Kier alpha value is -3.82. The number of carbonyl (C=O) groups is 2. The van der Waals surface area contributed by atoms with Crippen molar-refractivity contribution < 1.29 is 28.0 Å². The third kappa shape index (κ3) is 4.92. The fourth-order valence-corrected chi connectivity index (χ4v) is 4.61. The van der Waals surface area contributed by atoms with Crippen LogP contribution >= 0.6 is 0 Å².